The molecule has 116 valence electrons. The molecule has 21 heavy (non-hydrogen) atoms. The van der Waals surface area contributed by atoms with Crippen molar-refractivity contribution in [1.29, 1.82) is 0 Å². The third-order valence-electron chi connectivity index (χ3n) is 4.26. The van der Waals surface area contributed by atoms with E-state index in [1.54, 1.807) is 0 Å². The number of aryl methyl sites for hydroxylation is 1. The Hall–Kier alpha value is -1.39. The van der Waals surface area contributed by atoms with Crippen LogP contribution in [-0.2, 0) is 11.2 Å². The highest BCUT2D eigenvalue weighted by atomic mass is 16.2. The van der Waals surface area contributed by atoms with Crippen molar-refractivity contribution >= 4 is 5.91 Å². The molecule has 1 aliphatic heterocycles. The number of carbonyl (C=O) groups is 1. The molecule has 1 amide bonds. The zero-order chi connectivity index (χ0) is 15.1. The van der Waals surface area contributed by atoms with Gasteiger partial charge in [-0.05, 0) is 31.0 Å². The molecule has 0 saturated carbocycles. The van der Waals surface area contributed by atoms with Gasteiger partial charge in [0.2, 0.25) is 5.91 Å². The summed E-state index contributed by atoms with van der Waals surface area (Å²) < 4.78 is 0. The van der Waals surface area contributed by atoms with Crippen molar-refractivity contribution in [2.24, 2.45) is 0 Å². The summed E-state index contributed by atoms with van der Waals surface area (Å²) in [5.41, 5.74) is 2.61. The number of piperazine rings is 1. The van der Waals surface area contributed by atoms with Crippen LogP contribution in [-0.4, -0.2) is 61.5 Å². The first-order valence-electron chi connectivity index (χ1n) is 7.95. The summed E-state index contributed by atoms with van der Waals surface area (Å²) in [4.78, 5) is 16.6. The largest absolute Gasteiger partial charge is 0.355 e. The number of rotatable bonds is 6. The summed E-state index contributed by atoms with van der Waals surface area (Å²) in [6, 6.07) is 8.35. The maximum absolute atomic E-state index is 12.0. The van der Waals surface area contributed by atoms with E-state index in [9.17, 15) is 4.79 Å². The first kappa shape index (κ1) is 16.0. The zero-order valence-corrected chi connectivity index (χ0v) is 13.3. The molecule has 0 radical (unpaired) electrons. The Morgan fingerprint density at radius 3 is 2.48 bits per heavy atom. The number of likely N-dealkylation sites (N-methyl/N-ethyl adjacent to an activating group) is 1. The van der Waals surface area contributed by atoms with Crippen LogP contribution in [0.5, 0.6) is 0 Å². The van der Waals surface area contributed by atoms with Gasteiger partial charge in [-0.2, -0.15) is 0 Å². The standard InChI is InChI=1S/C17H27N3O/c1-3-19-10-12-20(13-11-19)14-17(21)18-9-8-16-7-5-4-6-15(16)2/h4-7H,3,8-14H2,1-2H3,(H,18,21). The lowest BCUT2D eigenvalue weighted by Gasteiger charge is -2.33. The predicted molar refractivity (Wildman–Crippen MR) is 86.4 cm³/mol. The highest BCUT2D eigenvalue weighted by Crippen LogP contribution is 2.06. The van der Waals surface area contributed by atoms with E-state index >= 15 is 0 Å². The first-order chi connectivity index (χ1) is 10.2. The zero-order valence-electron chi connectivity index (χ0n) is 13.3. The van der Waals surface area contributed by atoms with E-state index in [4.69, 9.17) is 0 Å². The van der Waals surface area contributed by atoms with Crippen LogP contribution in [0, 0.1) is 6.92 Å². The molecule has 0 bridgehead atoms. The quantitative estimate of drug-likeness (QED) is 0.857. The molecular weight excluding hydrogens is 262 g/mol. The number of hydrogen-bond donors (Lipinski definition) is 1. The van der Waals surface area contributed by atoms with Crippen molar-refractivity contribution in [3.05, 3.63) is 35.4 Å². The lowest BCUT2D eigenvalue weighted by atomic mass is 10.1. The second-order valence-electron chi connectivity index (χ2n) is 5.74. The molecule has 1 aromatic rings. The van der Waals surface area contributed by atoms with Gasteiger partial charge >= 0.3 is 0 Å². The van der Waals surface area contributed by atoms with E-state index in [1.807, 2.05) is 6.07 Å². The number of nitrogens with zero attached hydrogens (tertiary/aromatic N) is 2. The minimum Gasteiger partial charge on any atom is -0.355 e. The summed E-state index contributed by atoms with van der Waals surface area (Å²) in [5.74, 6) is 0.147. The van der Waals surface area contributed by atoms with Crippen molar-refractivity contribution in [2.75, 3.05) is 45.8 Å². The second-order valence-corrected chi connectivity index (χ2v) is 5.74. The van der Waals surface area contributed by atoms with Crippen molar-refractivity contribution < 1.29 is 4.79 Å². The van der Waals surface area contributed by atoms with E-state index in [-0.39, 0.29) is 5.91 Å². The molecule has 0 unspecified atom stereocenters. The Morgan fingerprint density at radius 1 is 1.14 bits per heavy atom. The molecule has 1 heterocycles. The van der Waals surface area contributed by atoms with Gasteiger partial charge in [0.1, 0.15) is 0 Å². The molecule has 4 nitrogen and oxygen atoms in total. The molecule has 2 rings (SSSR count). The molecule has 0 spiro atoms. The summed E-state index contributed by atoms with van der Waals surface area (Å²) in [6.45, 7) is 10.8. The van der Waals surface area contributed by atoms with Crippen LogP contribution in [0.15, 0.2) is 24.3 Å². The minimum absolute atomic E-state index is 0.147. The Labute approximate surface area is 128 Å². The molecule has 1 aliphatic rings. The van der Waals surface area contributed by atoms with E-state index in [0.29, 0.717) is 6.54 Å². The maximum atomic E-state index is 12.0. The molecule has 1 aromatic carbocycles. The van der Waals surface area contributed by atoms with Crippen LogP contribution in [0.4, 0.5) is 0 Å². The van der Waals surface area contributed by atoms with Gasteiger partial charge in [0, 0.05) is 32.7 Å². The average Bonchev–Trinajstić information content (AvgIpc) is 2.50. The topological polar surface area (TPSA) is 35.6 Å². The number of benzene rings is 1. The van der Waals surface area contributed by atoms with Gasteiger partial charge in [0.25, 0.3) is 0 Å². The van der Waals surface area contributed by atoms with Gasteiger partial charge in [-0.15, -0.1) is 0 Å². The van der Waals surface area contributed by atoms with Crippen LogP contribution in [0.25, 0.3) is 0 Å². The van der Waals surface area contributed by atoms with Crippen LogP contribution in [0.2, 0.25) is 0 Å². The fraction of sp³-hybridized carbons (Fsp3) is 0.588. The third-order valence-corrected chi connectivity index (χ3v) is 4.26. The van der Waals surface area contributed by atoms with Gasteiger partial charge in [-0.25, -0.2) is 0 Å². The van der Waals surface area contributed by atoms with Crippen molar-refractivity contribution in [3.8, 4) is 0 Å². The molecule has 1 saturated heterocycles. The molecule has 4 heteroatoms. The summed E-state index contributed by atoms with van der Waals surface area (Å²) in [6.07, 6.45) is 0.905. The monoisotopic (exact) mass is 289 g/mol. The van der Waals surface area contributed by atoms with Crippen molar-refractivity contribution in [2.45, 2.75) is 20.3 Å². The SMILES string of the molecule is CCN1CCN(CC(=O)NCCc2ccccc2C)CC1. The van der Waals surface area contributed by atoms with E-state index < -0.39 is 0 Å². The molecule has 1 fully saturated rings. The van der Waals surface area contributed by atoms with E-state index in [1.165, 1.54) is 11.1 Å². The molecule has 0 atom stereocenters. The van der Waals surface area contributed by atoms with Crippen LogP contribution >= 0.6 is 0 Å². The molecule has 0 aromatic heterocycles. The number of carbonyl (C=O) groups excluding carboxylic acids is 1. The van der Waals surface area contributed by atoms with Crippen LogP contribution < -0.4 is 5.32 Å². The van der Waals surface area contributed by atoms with E-state index in [2.05, 4.69) is 47.2 Å². The summed E-state index contributed by atoms with van der Waals surface area (Å²) in [7, 11) is 0. The summed E-state index contributed by atoms with van der Waals surface area (Å²) >= 11 is 0. The Bertz CT molecular complexity index is 453. The first-order valence-corrected chi connectivity index (χ1v) is 7.95. The van der Waals surface area contributed by atoms with Gasteiger partial charge < -0.3 is 10.2 Å². The fourth-order valence-electron chi connectivity index (χ4n) is 2.75. The van der Waals surface area contributed by atoms with E-state index in [0.717, 1.165) is 45.7 Å². The third kappa shape index (κ3) is 5.14. The lowest BCUT2D eigenvalue weighted by Crippen LogP contribution is -2.49. The smallest absolute Gasteiger partial charge is 0.234 e. The molecule has 1 N–H and O–H groups in total. The van der Waals surface area contributed by atoms with Crippen molar-refractivity contribution in [1.82, 2.24) is 15.1 Å². The lowest BCUT2D eigenvalue weighted by molar-refractivity contribution is -0.122. The summed E-state index contributed by atoms with van der Waals surface area (Å²) in [5, 5.41) is 3.04. The number of hydrogen-bond acceptors (Lipinski definition) is 3. The van der Waals surface area contributed by atoms with Crippen molar-refractivity contribution in [3.63, 3.8) is 0 Å². The highest BCUT2D eigenvalue weighted by Gasteiger charge is 2.17. The van der Waals surface area contributed by atoms with Crippen LogP contribution in [0.3, 0.4) is 0 Å². The normalized spacial score (nSPS) is 16.9. The van der Waals surface area contributed by atoms with Crippen LogP contribution in [0.1, 0.15) is 18.1 Å². The Balaban J connectivity index is 1.65. The van der Waals surface area contributed by atoms with Gasteiger partial charge in [-0.1, -0.05) is 31.2 Å². The van der Waals surface area contributed by atoms with Gasteiger partial charge in [0.15, 0.2) is 0 Å². The highest BCUT2D eigenvalue weighted by molar-refractivity contribution is 5.78. The fourth-order valence-corrected chi connectivity index (χ4v) is 2.75. The number of nitrogens with one attached hydrogen (secondary N) is 1. The average molecular weight is 289 g/mol. The second kappa shape index (κ2) is 8.15. The molecule has 0 aliphatic carbocycles. The predicted octanol–water partition coefficient (Wildman–Crippen LogP) is 1.29. The maximum Gasteiger partial charge on any atom is 0.234 e. The Morgan fingerprint density at radius 2 is 1.81 bits per heavy atom. The Kier molecular flexibility index (Phi) is 6.21. The minimum atomic E-state index is 0.147. The van der Waals surface area contributed by atoms with Gasteiger partial charge in [-0.3, -0.25) is 9.69 Å². The molecular formula is C17H27N3O. The number of amides is 1. The van der Waals surface area contributed by atoms with Gasteiger partial charge in [0.05, 0.1) is 6.54 Å².